The topological polar surface area (TPSA) is 70.7 Å². The van der Waals surface area contributed by atoms with Crippen molar-refractivity contribution < 1.29 is 14.3 Å². The molecule has 0 aliphatic carbocycles. The lowest BCUT2D eigenvalue weighted by atomic mass is 10.1. The summed E-state index contributed by atoms with van der Waals surface area (Å²) in [6.45, 7) is 3.71. The van der Waals surface area contributed by atoms with Crippen LogP contribution < -0.4 is 10.6 Å². The Morgan fingerprint density at radius 2 is 1.65 bits per heavy atom. The molecule has 2 N–H and O–H groups in total. The minimum absolute atomic E-state index is 0.0619. The highest BCUT2D eigenvalue weighted by molar-refractivity contribution is 5.96. The van der Waals surface area contributed by atoms with E-state index in [2.05, 4.69) is 15.5 Å². The first kappa shape index (κ1) is 18.1. The van der Waals surface area contributed by atoms with E-state index in [1.54, 1.807) is 24.3 Å². The van der Waals surface area contributed by atoms with Crippen molar-refractivity contribution >= 4 is 17.5 Å². The van der Waals surface area contributed by atoms with Crippen LogP contribution in [0, 0.1) is 0 Å². The van der Waals surface area contributed by atoms with Gasteiger partial charge in [-0.05, 0) is 29.8 Å². The molecule has 1 aliphatic heterocycles. The van der Waals surface area contributed by atoms with Gasteiger partial charge in [0.05, 0.1) is 19.8 Å². The number of ether oxygens (including phenoxy) is 1. The molecule has 2 aromatic carbocycles. The third-order valence-electron chi connectivity index (χ3n) is 4.20. The van der Waals surface area contributed by atoms with E-state index in [0.29, 0.717) is 37.6 Å². The third-order valence-corrected chi connectivity index (χ3v) is 4.20. The molecule has 0 bridgehead atoms. The second-order valence-electron chi connectivity index (χ2n) is 6.18. The van der Waals surface area contributed by atoms with E-state index >= 15 is 0 Å². The Labute approximate surface area is 153 Å². The van der Waals surface area contributed by atoms with Crippen LogP contribution in [0.4, 0.5) is 5.69 Å². The zero-order valence-corrected chi connectivity index (χ0v) is 14.6. The predicted octanol–water partition coefficient (Wildman–Crippen LogP) is 1.89. The number of carbonyl (C=O) groups excluding carboxylic acids is 2. The Bertz CT molecular complexity index is 726. The molecule has 1 heterocycles. The number of nitrogens with one attached hydrogen (secondary N) is 2. The predicted molar refractivity (Wildman–Crippen MR) is 99.9 cm³/mol. The van der Waals surface area contributed by atoms with Gasteiger partial charge in [-0.1, -0.05) is 30.3 Å². The lowest BCUT2D eigenvalue weighted by Crippen LogP contribution is -2.41. The molecule has 0 unspecified atom stereocenters. The molecule has 1 fully saturated rings. The molecule has 1 saturated heterocycles. The van der Waals surface area contributed by atoms with Crippen molar-refractivity contribution in [3.63, 3.8) is 0 Å². The van der Waals surface area contributed by atoms with Crippen LogP contribution in [0.25, 0.3) is 0 Å². The maximum absolute atomic E-state index is 12.2. The molecule has 0 aromatic heterocycles. The van der Waals surface area contributed by atoms with Gasteiger partial charge < -0.3 is 15.4 Å². The fourth-order valence-corrected chi connectivity index (χ4v) is 2.75. The van der Waals surface area contributed by atoms with Gasteiger partial charge in [0.15, 0.2) is 0 Å². The summed E-state index contributed by atoms with van der Waals surface area (Å²) in [6, 6.07) is 16.7. The minimum Gasteiger partial charge on any atom is -0.379 e. The SMILES string of the molecule is O=C(CN1CCOCC1)Nc1ccc(C(=O)NCc2ccccc2)cc1. The van der Waals surface area contributed by atoms with Gasteiger partial charge in [0.1, 0.15) is 0 Å². The van der Waals surface area contributed by atoms with Crippen LogP contribution in [0.3, 0.4) is 0 Å². The molecule has 1 aliphatic rings. The summed E-state index contributed by atoms with van der Waals surface area (Å²) in [4.78, 5) is 26.3. The number of hydrogen-bond acceptors (Lipinski definition) is 4. The van der Waals surface area contributed by atoms with Gasteiger partial charge in [-0.25, -0.2) is 0 Å². The maximum Gasteiger partial charge on any atom is 0.251 e. The highest BCUT2D eigenvalue weighted by atomic mass is 16.5. The summed E-state index contributed by atoms with van der Waals surface area (Å²) in [5.74, 6) is -0.201. The summed E-state index contributed by atoms with van der Waals surface area (Å²) < 4.78 is 5.27. The number of hydrogen-bond donors (Lipinski definition) is 2. The smallest absolute Gasteiger partial charge is 0.251 e. The average Bonchev–Trinajstić information content (AvgIpc) is 2.68. The van der Waals surface area contributed by atoms with E-state index in [9.17, 15) is 9.59 Å². The Hall–Kier alpha value is -2.70. The van der Waals surface area contributed by atoms with Gasteiger partial charge in [-0.3, -0.25) is 14.5 Å². The monoisotopic (exact) mass is 353 g/mol. The molecule has 2 aromatic rings. The first-order valence-electron chi connectivity index (χ1n) is 8.73. The molecule has 2 amide bonds. The van der Waals surface area contributed by atoms with Crippen LogP contribution in [-0.4, -0.2) is 49.6 Å². The number of benzene rings is 2. The van der Waals surface area contributed by atoms with Crippen molar-refractivity contribution in [2.24, 2.45) is 0 Å². The van der Waals surface area contributed by atoms with Crippen molar-refractivity contribution in [2.45, 2.75) is 6.54 Å². The number of nitrogens with zero attached hydrogens (tertiary/aromatic N) is 1. The molecule has 0 atom stereocenters. The molecule has 6 nitrogen and oxygen atoms in total. The summed E-state index contributed by atoms with van der Waals surface area (Å²) in [5.41, 5.74) is 2.29. The van der Waals surface area contributed by atoms with Crippen molar-refractivity contribution in [3.05, 3.63) is 65.7 Å². The second-order valence-corrected chi connectivity index (χ2v) is 6.18. The number of morpholine rings is 1. The zero-order chi connectivity index (χ0) is 18.2. The second kappa shape index (κ2) is 9.12. The quantitative estimate of drug-likeness (QED) is 0.832. The first-order valence-corrected chi connectivity index (χ1v) is 8.73. The maximum atomic E-state index is 12.2. The fraction of sp³-hybridized carbons (Fsp3) is 0.300. The largest absolute Gasteiger partial charge is 0.379 e. The van der Waals surface area contributed by atoms with Gasteiger partial charge in [-0.15, -0.1) is 0 Å². The third kappa shape index (κ3) is 5.40. The van der Waals surface area contributed by atoms with E-state index < -0.39 is 0 Å². The standard InChI is InChI=1S/C20H23N3O3/c24-19(15-23-10-12-26-13-11-23)22-18-8-6-17(7-9-18)20(25)21-14-16-4-2-1-3-5-16/h1-9H,10-15H2,(H,21,25)(H,22,24). The number of anilines is 1. The highest BCUT2D eigenvalue weighted by Crippen LogP contribution is 2.10. The normalized spacial score (nSPS) is 14.6. The average molecular weight is 353 g/mol. The minimum atomic E-state index is -0.139. The van der Waals surface area contributed by atoms with Gasteiger partial charge in [0.2, 0.25) is 5.91 Å². The van der Waals surface area contributed by atoms with Gasteiger partial charge >= 0.3 is 0 Å². The molecule has 0 radical (unpaired) electrons. The van der Waals surface area contributed by atoms with Crippen molar-refractivity contribution in [2.75, 3.05) is 38.2 Å². The summed E-state index contributed by atoms with van der Waals surface area (Å²) in [5, 5.41) is 5.74. The summed E-state index contributed by atoms with van der Waals surface area (Å²) in [7, 11) is 0. The number of rotatable bonds is 6. The molecule has 6 heteroatoms. The number of amides is 2. The van der Waals surface area contributed by atoms with Crippen LogP contribution in [0.2, 0.25) is 0 Å². The van der Waals surface area contributed by atoms with E-state index in [1.165, 1.54) is 0 Å². The van der Waals surface area contributed by atoms with Crippen LogP contribution in [0.1, 0.15) is 15.9 Å². The number of carbonyl (C=O) groups is 2. The Morgan fingerprint density at radius 3 is 2.35 bits per heavy atom. The van der Waals surface area contributed by atoms with Crippen molar-refractivity contribution in [1.29, 1.82) is 0 Å². The van der Waals surface area contributed by atoms with Gasteiger partial charge in [-0.2, -0.15) is 0 Å². The van der Waals surface area contributed by atoms with Gasteiger partial charge in [0, 0.05) is 30.9 Å². The highest BCUT2D eigenvalue weighted by Gasteiger charge is 2.14. The molecule has 3 rings (SSSR count). The van der Waals surface area contributed by atoms with E-state index in [-0.39, 0.29) is 11.8 Å². The van der Waals surface area contributed by atoms with Crippen molar-refractivity contribution in [3.8, 4) is 0 Å². The molecular formula is C20H23N3O3. The Morgan fingerprint density at radius 1 is 0.962 bits per heavy atom. The lowest BCUT2D eigenvalue weighted by Gasteiger charge is -2.25. The summed E-state index contributed by atoms with van der Waals surface area (Å²) >= 11 is 0. The van der Waals surface area contributed by atoms with Crippen LogP contribution in [0.15, 0.2) is 54.6 Å². The van der Waals surface area contributed by atoms with E-state index in [1.807, 2.05) is 30.3 Å². The van der Waals surface area contributed by atoms with Crippen molar-refractivity contribution in [1.82, 2.24) is 10.2 Å². The molecule has 0 saturated carbocycles. The molecular weight excluding hydrogens is 330 g/mol. The first-order chi connectivity index (χ1) is 12.7. The van der Waals surface area contributed by atoms with Crippen LogP contribution in [-0.2, 0) is 16.1 Å². The Balaban J connectivity index is 1.47. The molecule has 26 heavy (non-hydrogen) atoms. The van der Waals surface area contributed by atoms with E-state index in [0.717, 1.165) is 18.7 Å². The van der Waals surface area contributed by atoms with Crippen LogP contribution >= 0.6 is 0 Å². The molecule has 136 valence electrons. The van der Waals surface area contributed by atoms with E-state index in [4.69, 9.17) is 4.74 Å². The summed E-state index contributed by atoms with van der Waals surface area (Å²) in [6.07, 6.45) is 0. The fourth-order valence-electron chi connectivity index (χ4n) is 2.75. The molecule has 0 spiro atoms. The Kier molecular flexibility index (Phi) is 6.35. The zero-order valence-electron chi connectivity index (χ0n) is 14.6. The lowest BCUT2D eigenvalue weighted by molar-refractivity contribution is -0.118. The van der Waals surface area contributed by atoms with Gasteiger partial charge in [0.25, 0.3) is 5.91 Å². The van der Waals surface area contributed by atoms with Crippen LogP contribution in [0.5, 0.6) is 0 Å².